The number of aliphatic hydroxyl groups excluding tert-OH is 8. The Morgan fingerprint density at radius 2 is 1.00 bits per heavy atom. The van der Waals surface area contributed by atoms with Gasteiger partial charge in [-0.1, -0.05) is 51.9 Å². The minimum atomic E-state index is -3.85. The van der Waals surface area contributed by atoms with Gasteiger partial charge in [-0.3, -0.25) is 24.1 Å². The van der Waals surface area contributed by atoms with E-state index in [1.807, 2.05) is 6.92 Å². The van der Waals surface area contributed by atoms with Crippen molar-refractivity contribution in [2.45, 2.75) is 120 Å². The molecule has 3 unspecified atom stereocenters. The standard InChI is InChI=1S/C27H45NO17/c1-2-3-4-5-6-7-8-9-12(27(24(38)39,25(40)41)26(42)43)21(37)28(22-19(35)17(33)15(31)13(10-29)44-22)23-20(36)18(34)16(32)14(11-30)45-23/h12-20,22-23,29-36H,2-11H2,1H3,(H,38,39)(H,40,41)(H,42,43)/t12?,13-,14-,15-,16-,17+,18+,19-,20-,22?,23?/m1/s1. The lowest BCUT2D eigenvalue weighted by molar-refractivity contribution is -0.317. The normalized spacial score (nSPS) is 32.9. The molecule has 1 amide bonds. The predicted molar refractivity (Wildman–Crippen MR) is 146 cm³/mol. The first kappa shape index (κ1) is 38.7. The molecule has 18 heteroatoms. The third-order valence-electron chi connectivity index (χ3n) is 8.47. The zero-order valence-corrected chi connectivity index (χ0v) is 24.7. The van der Waals surface area contributed by atoms with Gasteiger partial charge in [-0.05, 0) is 6.42 Å². The fourth-order valence-corrected chi connectivity index (χ4v) is 5.75. The zero-order valence-electron chi connectivity index (χ0n) is 24.7. The molecule has 2 aliphatic heterocycles. The third-order valence-corrected chi connectivity index (χ3v) is 8.47. The summed E-state index contributed by atoms with van der Waals surface area (Å²) in [6.45, 7) is -0.0536. The molecule has 0 saturated carbocycles. The smallest absolute Gasteiger partial charge is 0.333 e. The first-order valence-electron chi connectivity index (χ1n) is 14.8. The number of hydrogen-bond acceptors (Lipinski definition) is 14. The van der Waals surface area contributed by atoms with Crippen LogP contribution in [0.4, 0.5) is 0 Å². The summed E-state index contributed by atoms with van der Waals surface area (Å²) in [5, 5.41) is 113. The quantitative estimate of drug-likeness (QED) is 0.0533. The average Bonchev–Trinajstić information content (AvgIpc) is 2.99. The predicted octanol–water partition coefficient (Wildman–Crippen LogP) is -3.59. The van der Waals surface area contributed by atoms with E-state index in [-0.39, 0.29) is 11.3 Å². The van der Waals surface area contributed by atoms with E-state index < -0.39 is 116 Å². The second-order valence-corrected chi connectivity index (χ2v) is 11.4. The van der Waals surface area contributed by atoms with Crippen LogP contribution in [0.15, 0.2) is 0 Å². The summed E-state index contributed by atoms with van der Waals surface area (Å²) in [5.74, 6) is -11.5. The number of aliphatic hydroxyl groups is 8. The topological polar surface area (TPSA) is 313 Å². The summed E-state index contributed by atoms with van der Waals surface area (Å²) in [5.41, 5.74) is -3.85. The van der Waals surface area contributed by atoms with Crippen LogP contribution in [0.5, 0.6) is 0 Å². The number of carbonyl (C=O) groups excluding carboxylic acids is 1. The largest absolute Gasteiger partial charge is 0.480 e. The van der Waals surface area contributed by atoms with Gasteiger partial charge in [0.05, 0.1) is 19.1 Å². The Morgan fingerprint density at radius 3 is 1.36 bits per heavy atom. The summed E-state index contributed by atoms with van der Waals surface area (Å²) in [6, 6.07) is 0. The molecule has 11 N–H and O–H groups in total. The lowest BCUT2D eigenvalue weighted by Gasteiger charge is -2.51. The van der Waals surface area contributed by atoms with E-state index >= 15 is 0 Å². The zero-order chi connectivity index (χ0) is 34.2. The van der Waals surface area contributed by atoms with Gasteiger partial charge in [0.2, 0.25) is 5.91 Å². The van der Waals surface area contributed by atoms with E-state index in [4.69, 9.17) is 9.47 Å². The number of hydrogen-bond donors (Lipinski definition) is 11. The van der Waals surface area contributed by atoms with Crippen molar-refractivity contribution in [3.8, 4) is 0 Å². The number of ether oxygens (including phenoxy) is 2. The highest BCUT2D eigenvalue weighted by Gasteiger charge is 2.65. The number of rotatable bonds is 17. The van der Waals surface area contributed by atoms with Crippen LogP contribution in [0.3, 0.4) is 0 Å². The molecule has 2 heterocycles. The molecule has 2 saturated heterocycles. The minimum Gasteiger partial charge on any atom is -0.480 e. The molecule has 0 bridgehead atoms. The maximum Gasteiger partial charge on any atom is 0.333 e. The molecule has 2 aliphatic rings. The van der Waals surface area contributed by atoms with Crippen molar-refractivity contribution in [1.82, 2.24) is 4.90 Å². The summed E-state index contributed by atoms with van der Waals surface area (Å²) < 4.78 is 10.9. The van der Waals surface area contributed by atoms with Crippen LogP contribution in [-0.4, -0.2) is 159 Å². The van der Waals surface area contributed by atoms with E-state index in [1.54, 1.807) is 0 Å². The van der Waals surface area contributed by atoms with E-state index in [0.717, 1.165) is 25.7 Å². The lowest BCUT2D eigenvalue weighted by atomic mass is 9.71. The van der Waals surface area contributed by atoms with Crippen molar-refractivity contribution in [3.63, 3.8) is 0 Å². The first-order valence-corrected chi connectivity index (χ1v) is 14.8. The summed E-state index contributed by atoms with van der Waals surface area (Å²) in [6.07, 6.45) is -17.3. The Morgan fingerprint density at radius 1 is 0.622 bits per heavy atom. The maximum absolute atomic E-state index is 14.4. The van der Waals surface area contributed by atoms with Crippen LogP contribution in [0.1, 0.15) is 58.3 Å². The molecular formula is C27H45NO17. The minimum absolute atomic E-state index is 0.0602. The molecule has 0 spiro atoms. The van der Waals surface area contributed by atoms with Crippen LogP contribution >= 0.6 is 0 Å². The summed E-state index contributed by atoms with van der Waals surface area (Å²) in [4.78, 5) is 51.9. The number of nitrogens with zero attached hydrogens (tertiary/aromatic N) is 1. The second kappa shape index (κ2) is 16.9. The SMILES string of the molecule is CCCCCCCCCC(C(=O)N(C1O[C@H](CO)[C@@H](O)[C@H](O)[C@H]1O)C1O[C@H](CO)[C@@H](O)[C@H](O)[C@H]1O)C(C(=O)O)(C(=O)O)C(=O)O. The molecule has 11 atom stereocenters. The molecule has 0 radical (unpaired) electrons. The molecule has 18 nitrogen and oxygen atoms in total. The Bertz CT molecular complexity index is 936. The fourth-order valence-electron chi connectivity index (χ4n) is 5.75. The maximum atomic E-state index is 14.4. The van der Waals surface area contributed by atoms with Gasteiger partial charge in [-0.2, -0.15) is 0 Å². The molecular weight excluding hydrogens is 610 g/mol. The number of carboxylic acid groups (broad SMARTS) is 3. The molecule has 0 aromatic carbocycles. The number of carbonyl (C=O) groups is 4. The van der Waals surface area contributed by atoms with E-state index in [2.05, 4.69) is 0 Å². The van der Waals surface area contributed by atoms with Crippen molar-refractivity contribution >= 4 is 23.8 Å². The number of aliphatic carboxylic acids is 3. The van der Waals surface area contributed by atoms with Crippen LogP contribution in [-0.2, 0) is 28.7 Å². The Balaban J connectivity index is 2.72. The first-order chi connectivity index (χ1) is 21.1. The van der Waals surface area contributed by atoms with Gasteiger partial charge in [0, 0.05) is 0 Å². The van der Waals surface area contributed by atoms with Gasteiger partial charge in [0.1, 0.15) is 48.8 Å². The summed E-state index contributed by atoms with van der Waals surface area (Å²) in [7, 11) is 0. The molecule has 260 valence electrons. The highest BCUT2D eigenvalue weighted by atomic mass is 16.6. The number of carboxylic acids is 3. The Hall–Kier alpha value is -2.52. The van der Waals surface area contributed by atoms with E-state index in [0.29, 0.717) is 12.8 Å². The Kier molecular flexibility index (Phi) is 14.5. The number of unbranched alkanes of at least 4 members (excludes halogenated alkanes) is 6. The third kappa shape index (κ3) is 7.90. The molecule has 45 heavy (non-hydrogen) atoms. The molecule has 2 rings (SSSR count). The van der Waals surface area contributed by atoms with E-state index in [1.165, 1.54) is 0 Å². The molecule has 0 aliphatic carbocycles. The molecule has 2 fully saturated rings. The molecule has 0 aromatic rings. The van der Waals surface area contributed by atoms with Crippen molar-refractivity contribution in [3.05, 3.63) is 0 Å². The van der Waals surface area contributed by atoms with E-state index in [9.17, 15) is 75.3 Å². The Labute approximate surface area is 258 Å². The van der Waals surface area contributed by atoms with Gasteiger partial charge in [0.25, 0.3) is 5.41 Å². The highest BCUT2D eigenvalue weighted by Crippen LogP contribution is 2.39. The number of amides is 1. The van der Waals surface area contributed by atoms with Crippen molar-refractivity contribution in [2.75, 3.05) is 13.2 Å². The second-order valence-electron chi connectivity index (χ2n) is 11.4. The van der Waals surface area contributed by atoms with Gasteiger partial charge >= 0.3 is 17.9 Å². The average molecular weight is 656 g/mol. The monoisotopic (exact) mass is 655 g/mol. The van der Waals surface area contributed by atoms with Gasteiger partial charge in [0.15, 0.2) is 12.5 Å². The van der Waals surface area contributed by atoms with Crippen LogP contribution in [0.25, 0.3) is 0 Å². The highest BCUT2D eigenvalue weighted by molar-refractivity contribution is 6.19. The van der Waals surface area contributed by atoms with Crippen molar-refractivity contribution in [2.24, 2.45) is 11.3 Å². The van der Waals surface area contributed by atoms with Crippen molar-refractivity contribution in [1.29, 1.82) is 0 Å². The molecule has 0 aromatic heterocycles. The van der Waals surface area contributed by atoms with Crippen LogP contribution in [0.2, 0.25) is 0 Å². The van der Waals surface area contributed by atoms with Gasteiger partial charge in [-0.15, -0.1) is 0 Å². The summed E-state index contributed by atoms with van der Waals surface area (Å²) >= 11 is 0. The fraction of sp³-hybridized carbons (Fsp3) is 0.852. The van der Waals surface area contributed by atoms with Crippen LogP contribution in [0, 0.1) is 11.3 Å². The lowest BCUT2D eigenvalue weighted by Crippen LogP contribution is -2.72. The van der Waals surface area contributed by atoms with Gasteiger partial charge in [-0.25, -0.2) is 0 Å². The van der Waals surface area contributed by atoms with Crippen LogP contribution < -0.4 is 0 Å². The van der Waals surface area contributed by atoms with Gasteiger partial charge < -0.3 is 65.6 Å². The van der Waals surface area contributed by atoms with Crippen molar-refractivity contribution < 1.29 is 84.8 Å².